The molecule has 2 nitrogen and oxygen atoms in total. The fourth-order valence-corrected chi connectivity index (χ4v) is 2.87. The van der Waals surface area contributed by atoms with E-state index in [0.29, 0.717) is 22.0 Å². The third kappa shape index (κ3) is 7.54. The van der Waals surface area contributed by atoms with Gasteiger partial charge in [-0.2, -0.15) is 26.3 Å². The van der Waals surface area contributed by atoms with E-state index >= 15 is 0 Å². The third-order valence-corrected chi connectivity index (χ3v) is 4.59. The third-order valence-electron chi connectivity index (χ3n) is 4.34. The van der Waals surface area contributed by atoms with Gasteiger partial charge in [0.05, 0.1) is 11.1 Å². The van der Waals surface area contributed by atoms with Gasteiger partial charge in [0.1, 0.15) is 0 Å². The maximum absolute atomic E-state index is 12.9. The molecule has 0 aliphatic carbocycles. The Kier molecular flexibility index (Phi) is 8.57. The van der Waals surface area contributed by atoms with Gasteiger partial charge < -0.3 is 17.7 Å². The molecule has 3 rings (SSSR count). The van der Waals surface area contributed by atoms with E-state index in [1.54, 1.807) is 30.3 Å². The summed E-state index contributed by atoms with van der Waals surface area (Å²) in [6, 6.07) is 15.8. The highest BCUT2D eigenvalue weighted by molar-refractivity contribution is 6.30. The average molecular weight is 505 g/mol. The molecule has 0 aliphatic rings. The first kappa shape index (κ1) is 26.3. The molecular weight excluding hydrogens is 489 g/mol. The molecule has 0 spiro atoms. The van der Waals surface area contributed by atoms with Crippen molar-refractivity contribution in [2.24, 2.45) is 0 Å². The highest BCUT2D eigenvalue weighted by Gasteiger charge is 2.31. The van der Waals surface area contributed by atoms with Crippen molar-refractivity contribution in [2.45, 2.75) is 12.4 Å². The van der Waals surface area contributed by atoms with Crippen LogP contribution in [0.4, 0.5) is 37.7 Å². The number of benzene rings is 3. The van der Waals surface area contributed by atoms with Gasteiger partial charge in [-0.25, -0.2) is 4.99 Å². The first-order valence-electron chi connectivity index (χ1n) is 9.20. The maximum atomic E-state index is 12.9. The Morgan fingerprint density at radius 2 is 1.39 bits per heavy atom. The maximum Gasteiger partial charge on any atom is 0.416 e. The lowest BCUT2D eigenvalue weighted by molar-refractivity contribution is -0.351. The van der Waals surface area contributed by atoms with E-state index in [0.717, 1.165) is 24.3 Å². The zero-order valence-corrected chi connectivity index (χ0v) is 18.1. The molecular formula is C23H16Cl2F6N2. The Bertz CT molecular complexity index is 1120. The van der Waals surface area contributed by atoms with Crippen LogP contribution in [0.25, 0.3) is 0 Å². The van der Waals surface area contributed by atoms with E-state index < -0.39 is 23.5 Å². The van der Waals surface area contributed by atoms with Crippen LogP contribution in [0.15, 0.2) is 85.1 Å². The summed E-state index contributed by atoms with van der Waals surface area (Å²) in [6.45, 7) is 0. The molecule has 33 heavy (non-hydrogen) atoms. The fourth-order valence-electron chi connectivity index (χ4n) is 2.74. The molecule has 0 atom stereocenters. The SMILES string of the molecule is FC(F)(F)c1ccc([NH+]=C(C=CNc2cccc(C(F)(F)F)c2)c2ccc(Cl)cc2)cc1.[Cl-]. The van der Waals surface area contributed by atoms with Gasteiger partial charge >= 0.3 is 12.4 Å². The molecule has 3 aromatic rings. The first-order chi connectivity index (χ1) is 15.0. The van der Waals surface area contributed by atoms with E-state index in [2.05, 4.69) is 10.3 Å². The summed E-state index contributed by atoms with van der Waals surface area (Å²) >= 11 is 5.91. The van der Waals surface area contributed by atoms with Crippen molar-refractivity contribution in [1.82, 2.24) is 0 Å². The van der Waals surface area contributed by atoms with Crippen molar-refractivity contribution in [2.75, 3.05) is 5.32 Å². The van der Waals surface area contributed by atoms with Crippen molar-refractivity contribution in [3.8, 4) is 0 Å². The lowest BCUT2D eigenvalue weighted by Crippen LogP contribution is -3.00. The molecule has 0 saturated heterocycles. The number of rotatable bonds is 5. The van der Waals surface area contributed by atoms with Crippen molar-refractivity contribution < 1.29 is 43.7 Å². The number of nitrogens with one attached hydrogen (secondary N) is 2. The van der Waals surface area contributed by atoms with Crippen molar-refractivity contribution in [1.29, 1.82) is 0 Å². The Morgan fingerprint density at radius 3 is 1.97 bits per heavy atom. The van der Waals surface area contributed by atoms with Gasteiger partial charge in [-0.05, 0) is 54.6 Å². The van der Waals surface area contributed by atoms with Gasteiger partial charge in [0.25, 0.3) is 0 Å². The lowest BCUT2D eigenvalue weighted by Gasteiger charge is -2.08. The normalized spacial score (nSPS) is 12.5. The van der Waals surface area contributed by atoms with Gasteiger partial charge in [0, 0.05) is 40.7 Å². The summed E-state index contributed by atoms with van der Waals surface area (Å²) in [5.74, 6) is 0. The van der Waals surface area contributed by atoms with Crippen LogP contribution in [0, 0.1) is 0 Å². The smallest absolute Gasteiger partial charge is 0.416 e. The summed E-state index contributed by atoms with van der Waals surface area (Å²) in [5, 5.41) is 3.26. The Balaban J connectivity index is 0.00000385. The summed E-state index contributed by atoms with van der Waals surface area (Å²) < 4.78 is 77.0. The van der Waals surface area contributed by atoms with E-state index in [1.807, 2.05) is 0 Å². The molecule has 0 aromatic heterocycles. The highest BCUT2D eigenvalue weighted by Crippen LogP contribution is 2.31. The number of anilines is 1. The van der Waals surface area contributed by atoms with E-state index in [4.69, 9.17) is 11.6 Å². The number of alkyl halides is 6. The van der Waals surface area contributed by atoms with Gasteiger partial charge in [-0.15, -0.1) is 0 Å². The van der Waals surface area contributed by atoms with E-state index in [-0.39, 0.29) is 18.1 Å². The van der Waals surface area contributed by atoms with Gasteiger partial charge in [-0.1, -0.05) is 17.7 Å². The van der Waals surface area contributed by atoms with Crippen LogP contribution in [0.1, 0.15) is 16.7 Å². The number of halogens is 8. The molecule has 0 saturated carbocycles. The van der Waals surface area contributed by atoms with E-state index in [1.165, 1.54) is 30.5 Å². The average Bonchev–Trinajstić information content (AvgIpc) is 2.73. The molecule has 0 aliphatic heterocycles. The fraction of sp³-hybridized carbons (Fsp3) is 0.0870. The largest absolute Gasteiger partial charge is 1.00 e. The van der Waals surface area contributed by atoms with Crippen molar-refractivity contribution in [3.63, 3.8) is 0 Å². The second-order valence-corrected chi connectivity index (χ2v) is 7.11. The molecule has 0 amide bonds. The van der Waals surface area contributed by atoms with Crippen molar-refractivity contribution >= 4 is 28.7 Å². The number of hydrogen-bond acceptors (Lipinski definition) is 1. The van der Waals surface area contributed by atoms with Gasteiger partial charge in [0.2, 0.25) is 11.4 Å². The van der Waals surface area contributed by atoms with Crippen molar-refractivity contribution in [3.05, 3.63) is 107 Å². The monoisotopic (exact) mass is 504 g/mol. The van der Waals surface area contributed by atoms with Crippen LogP contribution in [0.3, 0.4) is 0 Å². The topological polar surface area (TPSA) is 26.0 Å². The summed E-state index contributed by atoms with van der Waals surface area (Å²) in [5.41, 5.74) is 0.198. The van der Waals surface area contributed by atoms with Gasteiger partial charge in [-0.3, -0.25) is 0 Å². The minimum absolute atomic E-state index is 0. The number of hydrogen-bond donors (Lipinski definition) is 2. The first-order valence-corrected chi connectivity index (χ1v) is 9.58. The van der Waals surface area contributed by atoms with Crippen LogP contribution in [0.5, 0.6) is 0 Å². The Morgan fingerprint density at radius 1 is 0.788 bits per heavy atom. The standard InChI is InChI=1S/C23H15ClF6N2.ClH/c24-18-8-4-15(5-9-18)21(32-19-10-6-16(7-11-19)22(25,26)27)12-13-31-20-3-1-2-17(14-20)23(28,29)30;/h1-14,31H;1H. The second-order valence-electron chi connectivity index (χ2n) is 6.68. The molecule has 2 N–H and O–H groups in total. The van der Waals surface area contributed by atoms with Crippen LogP contribution in [-0.2, 0) is 12.4 Å². The predicted molar refractivity (Wildman–Crippen MR) is 112 cm³/mol. The quantitative estimate of drug-likeness (QED) is 0.405. The van der Waals surface area contributed by atoms with Crippen LogP contribution >= 0.6 is 11.6 Å². The zero-order valence-electron chi connectivity index (χ0n) is 16.6. The highest BCUT2D eigenvalue weighted by atomic mass is 35.5. The minimum atomic E-state index is -4.47. The predicted octanol–water partition coefficient (Wildman–Crippen LogP) is 3.21. The molecule has 0 unspecified atom stereocenters. The molecule has 3 aromatic carbocycles. The van der Waals surface area contributed by atoms with Crippen LogP contribution in [-0.4, -0.2) is 5.71 Å². The summed E-state index contributed by atoms with van der Waals surface area (Å²) in [6.07, 6.45) is -5.93. The minimum Gasteiger partial charge on any atom is -1.00 e. The van der Waals surface area contributed by atoms with E-state index in [9.17, 15) is 26.3 Å². The molecule has 0 fully saturated rings. The Hall–Kier alpha value is -2.97. The molecule has 0 bridgehead atoms. The molecule has 0 radical (unpaired) electrons. The van der Waals surface area contributed by atoms with Crippen LogP contribution in [0.2, 0.25) is 5.02 Å². The second kappa shape index (κ2) is 10.8. The number of allylic oxidation sites excluding steroid dienone is 1. The van der Waals surface area contributed by atoms with Crippen LogP contribution < -0.4 is 22.7 Å². The lowest BCUT2D eigenvalue weighted by atomic mass is 10.1. The molecule has 0 heterocycles. The summed E-state index contributed by atoms with van der Waals surface area (Å²) in [7, 11) is 0. The zero-order chi connectivity index (χ0) is 23.4. The molecule has 10 heteroatoms. The molecule has 174 valence electrons. The van der Waals surface area contributed by atoms with Gasteiger partial charge in [0.15, 0.2) is 0 Å². The summed E-state index contributed by atoms with van der Waals surface area (Å²) in [4.78, 5) is 3.01. The Labute approximate surface area is 197 Å².